The first kappa shape index (κ1) is 23.0. The van der Waals surface area contributed by atoms with Gasteiger partial charge in [-0.1, -0.05) is 67.4 Å². The molecule has 0 bridgehead atoms. The van der Waals surface area contributed by atoms with Crippen LogP contribution in [0.1, 0.15) is 58.0 Å². The molecule has 1 amide bonds. The zero-order valence-corrected chi connectivity index (χ0v) is 20.4. The van der Waals surface area contributed by atoms with E-state index in [1.165, 1.54) is 0 Å². The highest BCUT2D eigenvalue weighted by Crippen LogP contribution is 2.37. The van der Waals surface area contributed by atoms with Crippen LogP contribution in [0.3, 0.4) is 0 Å². The fourth-order valence-electron chi connectivity index (χ4n) is 5.49. The molecule has 1 aliphatic carbocycles. The normalized spacial score (nSPS) is 13.8. The number of imidazole rings is 1. The van der Waals surface area contributed by atoms with Crippen molar-refractivity contribution in [1.82, 2.24) is 14.9 Å². The van der Waals surface area contributed by atoms with Crippen molar-refractivity contribution in [3.63, 3.8) is 0 Å². The maximum absolute atomic E-state index is 13.2. The summed E-state index contributed by atoms with van der Waals surface area (Å²) in [5.74, 6) is -0.344. The van der Waals surface area contributed by atoms with Gasteiger partial charge in [-0.05, 0) is 59.5 Å². The van der Waals surface area contributed by atoms with Gasteiger partial charge in [0.2, 0.25) is 0 Å². The number of nitrogens with one attached hydrogen (secondary N) is 1. The fraction of sp³-hybridized carbons (Fsp3) is 0.194. The summed E-state index contributed by atoms with van der Waals surface area (Å²) in [6.45, 7) is 0.433. The van der Waals surface area contributed by atoms with Crippen LogP contribution in [0, 0.1) is 0 Å². The number of rotatable bonds is 6. The summed E-state index contributed by atoms with van der Waals surface area (Å²) in [5, 5.41) is 14.8. The standard InChI is InChI=1S/C31H27N3O3/c35-30(32-19-24-11-5-8-20-7-1-4-14-26(20)24)22-10-6-9-21(17-22)29-33-27-18-23(31(36)37)15-16-28(27)34(29)25-12-2-3-13-25/h1,4-11,14-18,25H,2-3,12-13,19H2,(H,32,35)(H,36,37). The molecule has 0 aliphatic heterocycles. The van der Waals surface area contributed by atoms with Gasteiger partial charge in [-0.3, -0.25) is 4.79 Å². The van der Waals surface area contributed by atoms with Gasteiger partial charge in [0.25, 0.3) is 5.91 Å². The molecule has 0 unspecified atom stereocenters. The predicted octanol–water partition coefficient (Wildman–Crippen LogP) is 6.60. The largest absolute Gasteiger partial charge is 0.478 e. The van der Waals surface area contributed by atoms with Gasteiger partial charge < -0.3 is 15.0 Å². The number of benzene rings is 4. The van der Waals surface area contributed by atoms with Crippen molar-refractivity contribution in [2.75, 3.05) is 0 Å². The van der Waals surface area contributed by atoms with Crippen LogP contribution in [0.4, 0.5) is 0 Å². The van der Waals surface area contributed by atoms with E-state index in [-0.39, 0.29) is 11.5 Å². The van der Waals surface area contributed by atoms with E-state index >= 15 is 0 Å². The van der Waals surface area contributed by atoms with E-state index in [0.717, 1.165) is 58.9 Å². The summed E-state index contributed by atoms with van der Waals surface area (Å²) < 4.78 is 2.24. The summed E-state index contributed by atoms with van der Waals surface area (Å²) >= 11 is 0. The third-order valence-electron chi connectivity index (χ3n) is 7.33. The quantitative estimate of drug-likeness (QED) is 0.281. The average Bonchev–Trinajstić information content (AvgIpc) is 3.59. The molecule has 4 aromatic carbocycles. The van der Waals surface area contributed by atoms with Crippen LogP contribution in [0.2, 0.25) is 0 Å². The molecule has 5 aromatic rings. The maximum atomic E-state index is 13.2. The molecule has 6 nitrogen and oxygen atoms in total. The van der Waals surface area contributed by atoms with Crippen LogP contribution >= 0.6 is 0 Å². The number of carboxylic acid groups (broad SMARTS) is 1. The van der Waals surface area contributed by atoms with E-state index in [0.29, 0.717) is 23.7 Å². The van der Waals surface area contributed by atoms with Crippen molar-refractivity contribution in [2.45, 2.75) is 38.3 Å². The topological polar surface area (TPSA) is 84.2 Å². The molecule has 1 heterocycles. The van der Waals surface area contributed by atoms with Crippen LogP contribution in [-0.4, -0.2) is 26.5 Å². The SMILES string of the molecule is O=C(O)c1ccc2c(c1)nc(-c1cccc(C(=O)NCc3cccc4ccccc34)c1)n2C1CCCC1. The van der Waals surface area contributed by atoms with Crippen LogP contribution in [0.5, 0.6) is 0 Å². The third kappa shape index (κ3) is 4.35. The van der Waals surface area contributed by atoms with Crippen LogP contribution in [0.25, 0.3) is 33.2 Å². The Morgan fingerprint density at radius 2 is 1.68 bits per heavy atom. The Hall–Kier alpha value is -4.45. The molecule has 184 valence electrons. The molecule has 2 N–H and O–H groups in total. The molecule has 0 saturated heterocycles. The van der Waals surface area contributed by atoms with Gasteiger partial charge in [-0.25, -0.2) is 9.78 Å². The summed E-state index contributed by atoms with van der Waals surface area (Å²) in [6.07, 6.45) is 4.44. The van der Waals surface area contributed by atoms with E-state index in [2.05, 4.69) is 28.1 Å². The Bertz CT molecular complexity index is 1640. The number of carbonyl (C=O) groups is 2. The monoisotopic (exact) mass is 489 g/mol. The minimum absolute atomic E-state index is 0.147. The first-order chi connectivity index (χ1) is 18.1. The van der Waals surface area contributed by atoms with Gasteiger partial charge in [0.05, 0.1) is 16.6 Å². The highest BCUT2D eigenvalue weighted by Gasteiger charge is 2.24. The van der Waals surface area contributed by atoms with Gasteiger partial charge in [0, 0.05) is 23.7 Å². The van der Waals surface area contributed by atoms with E-state index in [9.17, 15) is 14.7 Å². The van der Waals surface area contributed by atoms with Crippen molar-refractivity contribution in [3.8, 4) is 11.4 Å². The lowest BCUT2D eigenvalue weighted by molar-refractivity contribution is 0.0696. The third-order valence-corrected chi connectivity index (χ3v) is 7.33. The van der Waals surface area contributed by atoms with Crippen molar-refractivity contribution in [1.29, 1.82) is 0 Å². The second kappa shape index (κ2) is 9.54. The fourth-order valence-corrected chi connectivity index (χ4v) is 5.49. The molecule has 6 heteroatoms. The minimum Gasteiger partial charge on any atom is -0.478 e. The number of hydrogen-bond acceptors (Lipinski definition) is 3. The number of nitrogens with zero attached hydrogens (tertiary/aromatic N) is 2. The van der Waals surface area contributed by atoms with Crippen molar-refractivity contribution in [2.24, 2.45) is 0 Å². The lowest BCUT2D eigenvalue weighted by Gasteiger charge is -2.17. The van der Waals surface area contributed by atoms with E-state index in [1.54, 1.807) is 12.1 Å². The molecule has 6 rings (SSSR count). The molecular weight excluding hydrogens is 462 g/mol. The van der Waals surface area contributed by atoms with Gasteiger partial charge in [-0.15, -0.1) is 0 Å². The second-order valence-corrected chi connectivity index (χ2v) is 9.65. The van der Waals surface area contributed by atoms with Crippen molar-refractivity contribution in [3.05, 3.63) is 102 Å². The number of carboxylic acids is 1. The smallest absolute Gasteiger partial charge is 0.335 e. The number of aromatic carboxylic acids is 1. The van der Waals surface area contributed by atoms with Crippen LogP contribution in [-0.2, 0) is 6.54 Å². The molecule has 37 heavy (non-hydrogen) atoms. The maximum Gasteiger partial charge on any atom is 0.335 e. The average molecular weight is 490 g/mol. The molecule has 0 radical (unpaired) electrons. The number of aromatic nitrogens is 2. The number of fused-ring (bicyclic) bond motifs is 2. The van der Waals surface area contributed by atoms with E-state index in [4.69, 9.17) is 4.98 Å². The van der Waals surface area contributed by atoms with Crippen LogP contribution in [0.15, 0.2) is 84.9 Å². The molecule has 0 spiro atoms. The minimum atomic E-state index is -0.969. The van der Waals surface area contributed by atoms with Gasteiger partial charge in [0.15, 0.2) is 0 Å². The Morgan fingerprint density at radius 1 is 0.892 bits per heavy atom. The predicted molar refractivity (Wildman–Crippen MR) is 145 cm³/mol. The lowest BCUT2D eigenvalue weighted by Crippen LogP contribution is -2.23. The second-order valence-electron chi connectivity index (χ2n) is 9.65. The summed E-state index contributed by atoms with van der Waals surface area (Å²) in [6, 6.07) is 27.2. The number of amides is 1. The zero-order chi connectivity index (χ0) is 25.4. The highest BCUT2D eigenvalue weighted by molar-refractivity contribution is 5.96. The summed E-state index contributed by atoms with van der Waals surface area (Å²) in [7, 11) is 0. The molecule has 1 saturated carbocycles. The first-order valence-electron chi connectivity index (χ1n) is 12.7. The summed E-state index contributed by atoms with van der Waals surface area (Å²) in [5.41, 5.74) is 4.29. The number of carbonyl (C=O) groups excluding carboxylic acids is 1. The molecule has 0 atom stereocenters. The Labute approximate surface area is 214 Å². The van der Waals surface area contributed by atoms with Gasteiger partial charge >= 0.3 is 5.97 Å². The van der Waals surface area contributed by atoms with Gasteiger partial charge in [-0.2, -0.15) is 0 Å². The van der Waals surface area contributed by atoms with Gasteiger partial charge in [0.1, 0.15) is 5.82 Å². The Morgan fingerprint density at radius 3 is 2.51 bits per heavy atom. The molecule has 1 aliphatic rings. The first-order valence-corrected chi connectivity index (χ1v) is 12.7. The van der Waals surface area contributed by atoms with Crippen molar-refractivity contribution >= 4 is 33.7 Å². The molecular formula is C31H27N3O3. The number of hydrogen-bond donors (Lipinski definition) is 2. The van der Waals surface area contributed by atoms with Crippen molar-refractivity contribution < 1.29 is 14.7 Å². The molecule has 1 aromatic heterocycles. The van der Waals surface area contributed by atoms with Crippen LogP contribution < -0.4 is 5.32 Å². The lowest BCUT2D eigenvalue weighted by atomic mass is 10.0. The Balaban J connectivity index is 1.33. The Kier molecular flexibility index (Phi) is 5.93. The highest BCUT2D eigenvalue weighted by atomic mass is 16.4. The molecule has 1 fully saturated rings. The summed E-state index contributed by atoms with van der Waals surface area (Å²) in [4.78, 5) is 29.6. The zero-order valence-electron chi connectivity index (χ0n) is 20.4. The van der Waals surface area contributed by atoms with E-state index in [1.807, 2.05) is 54.6 Å². The van der Waals surface area contributed by atoms with E-state index < -0.39 is 5.97 Å².